The van der Waals surface area contributed by atoms with Gasteiger partial charge in [0.05, 0.1) is 0 Å². The van der Waals surface area contributed by atoms with Gasteiger partial charge in [0.25, 0.3) is 0 Å². The van der Waals surface area contributed by atoms with Crippen molar-refractivity contribution in [2.24, 2.45) is 0 Å². The summed E-state index contributed by atoms with van der Waals surface area (Å²) in [6, 6.07) is 40.3. The van der Waals surface area contributed by atoms with Gasteiger partial charge in [0.2, 0.25) is 0 Å². The Morgan fingerprint density at radius 3 is 0.882 bits per heavy atom. The van der Waals surface area contributed by atoms with Gasteiger partial charge in [0, 0.05) is 28.7 Å². The quantitative estimate of drug-likeness (QED) is 0.198. The molecule has 4 aromatic carbocycles. The lowest BCUT2D eigenvalue weighted by molar-refractivity contribution is -0.113. The van der Waals surface area contributed by atoms with Crippen LogP contribution in [-0.2, 0) is 9.59 Å². The number of carbonyl (C=O) groups is 2. The molecule has 4 heteroatoms. The highest BCUT2D eigenvalue weighted by molar-refractivity contribution is 7.88. The number of carbonyl (C=O) groups excluding carboxylic acids is 2. The number of benzene rings is 4. The summed E-state index contributed by atoms with van der Waals surface area (Å²) in [7, 11) is -2.10. The van der Waals surface area contributed by atoms with Gasteiger partial charge in [0.15, 0.2) is 11.0 Å². The molecule has 0 aliphatic heterocycles. The molecule has 0 radical (unpaired) electrons. The minimum absolute atomic E-state index is 0.272. The summed E-state index contributed by atoms with van der Waals surface area (Å²) < 4.78 is 0. The second kappa shape index (κ2) is 12.5. The monoisotopic (exact) mass is 482 g/mol. The molecule has 0 N–H and O–H groups in total. The van der Waals surface area contributed by atoms with Crippen molar-refractivity contribution in [2.75, 3.05) is 0 Å². The Morgan fingerprint density at radius 1 is 0.412 bits per heavy atom. The molecule has 0 bridgehead atoms. The first kappa shape index (κ1) is 24.2. The van der Waals surface area contributed by atoms with Crippen LogP contribution in [0.15, 0.2) is 121 Å². The first-order valence-electron chi connectivity index (χ1n) is 11.6. The van der Waals surface area contributed by atoms with Gasteiger partial charge >= 0.3 is 0 Å². The Hall–Kier alpha value is -2.92. The highest BCUT2D eigenvalue weighted by Gasteiger charge is 2.24. The van der Waals surface area contributed by atoms with Gasteiger partial charge in [-0.1, -0.05) is 121 Å². The zero-order valence-electron chi connectivity index (χ0n) is 19.1. The minimum Gasteiger partial charge on any atom is -0.294 e. The Labute approximate surface area is 204 Å². The van der Waals surface area contributed by atoms with Crippen molar-refractivity contribution in [3.63, 3.8) is 0 Å². The standard InChI is InChI=1S/C30H28O2P2/c31-29(33(25-15-5-1-6-16-25)26-17-7-2-8-18-26)23-13-14-24-30(32)34(27-19-9-3-10-20-27)28-21-11-4-12-22-28/h1-12,15-22H,13-14,23-24H2. The van der Waals surface area contributed by atoms with Crippen molar-refractivity contribution < 1.29 is 9.59 Å². The Bertz CT molecular complexity index is 1000. The molecule has 0 saturated heterocycles. The van der Waals surface area contributed by atoms with E-state index in [4.69, 9.17) is 0 Å². The zero-order chi connectivity index (χ0) is 23.6. The average Bonchev–Trinajstić information content (AvgIpc) is 2.89. The first-order valence-corrected chi connectivity index (χ1v) is 14.3. The largest absolute Gasteiger partial charge is 0.294 e. The Balaban J connectivity index is 1.40. The Morgan fingerprint density at radius 2 is 0.647 bits per heavy atom. The molecule has 0 aromatic heterocycles. The van der Waals surface area contributed by atoms with Crippen LogP contribution >= 0.6 is 15.8 Å². The minimum atomic E-state index is -1.05. The van der Waals surface area contributed by atoms with Crippen molar-refractivity contribution in [1.82, 2.24) is 0 Å². The van der Waals surface area contributed by atoms with Crippen LogP contribution in [0.1, 0.15) is 25.7 Å². The summed E-state index contributed by atoms with van der Waals surface area (Å²) in [5.41, 5.74) is 0.543. The fraction of sp³-hybridized carbons (Fsp3) is 0.133. The van der Waals surface area contributed by atoms with E-state index in [1.165, 1.54) is 0 Å². The van der Waals surface area contributed by atoms with Crippen molar-refractivity contribution >= 4 is 48.1 Å². The van der Waals surface area contributed by atoms with Gasteiger partial charge < -0.3 is 0 Å². The highest BCUT2D eigenvalue weighted by Crippen LogP contribution is 2.38. The fourth-order valence-corrected chi connectivity index (χ4v) is 8.35. The summed E-state index contributed by atoms with van der Waals surface area (Å²) in [5.74, 6) is 0. The second-order valence-corrected chi connectivity index (χ2v) is 12.4. The number of hydrogen-bond acceptors (Lipinski definition) is 2. The smallest absolute Gasteiger partial charge is 0.163 e. The number of hydrogen-bond donors (Lipinski definition) is 0. The van der Waals surface area contributed by atoms with E-state index in [1.807, 2.05) is 121 Å². The molecule has 4 aromatic rings. The summed E-state index contributed by atoms with van der Waals surface area (Å²) in [6.07, 6.45) is 2.46. The van der Waals surface area contributed by atoms with E-state index >= 15 is 0 Å². The highest BCUT2D eigenvalue weighted by atomic mass is 31.1. The predicted octanol–water partition coefficient (Wildman–Crippen LogP) is 5.87. The number of rotatable bonds is 11. The maximum Gasteiger partial charge on any atom is 0.163 e. The second-order valence-electron chi connectivity index (χ2n) is 8.01. The molecule has 4 rings (SSSR count). The Kier molecular flexibility index (Phi) is 8.91. The summed E-state index contributed by atoms with van der Waals surface area (Å²) >= 11 is 0. The van der Waals surface area contributed by atoms with Crippen LogP contribution in [0.5, 0.6) is 0 Å². The van der Waals surface area contributed by atoms with Crippen molar-refractivity contribution in [3.8, 4) is 0 Å². The maximum atomic E-state index is 13.3. The first-order chi connectivity index (χ1) is 16.7. The molecule has 0 aliphatic carbocycles. The summed E-state index contributed by atoms with van der Waals surface area (Å²) in [6.45, 7) is 0. The number of unbranched alkanes of at least 4 members (excludes halogenated alkanes) is 1. The zero-order valence-corrected chi connectivity index (χ0v) is 20.9. The van der Waals surface area contributed by atoms with Crippen LogP contribution in [-0.4, -0.2) is 11.0 Å². The van der Waals surface area contributed by atoms with E-state index in [2.05, 4.69) is 0 Å². The van der Waals surface area contributed by atoms with E-state index in [1.54, 1.807) is 0 Å². The lowest BCUT2D eigenvalue weighted by atomic mass is 10.2. The molecular weight excluding hydrogens is 454 g/mol. The topological polar surface area (TPSA) is 34.1 Å². The molecule has 0 spiro atoms. The van der Waals surface area contributed by atoms with Gasteiger partial charge in [-0.2, -0.15) is 0 Å². The van der Waals surface area contributed by atoms with Crippen molar-refractivity contribution in [3.05, 3.63) is 121 Å². The van der Waals surface area contributed by atoms with E-state index in [9.17, 15) is 9.59 Å². The SMILES string of the molecule is O=C(CCCCC(=O)P(c1ccccc1)c1ccccc1)P(c1ccccc1)c1ccccc1. The lowest BCUT2D eigenvalue weighted by Gasteiger charge is -2.18. The molecule has 2 nitrogen and oxygen atoms in total. The van der Waals surface area contributed by atoms with Gasteiger partial charge in [-0.05, 0) is 34.1 Å². The molecule has 170 valence electrons. The third-order valence-electron chi connectivity index (χ3n) is 5.59. The third kappa shape index (κ3) is 6.35. The molecule has 0 amide bonds. The molecular formula is C30H28O2P2. The molecule has 0 heterocycles. The van der Waals surface area contributed by atoms with Crippen LogP contribution in [0, 0.1) is 0 Å². The molecule has 0 atom stereocenters. The maximum absolute atomic E-state index is 13.3. The van der Waals surface area contributed by atoms with Crippen LogP contribution < -0.4 is 21.2 Å². The normalized spacial score (nSPS) is 11.0. The molecule has 0 fully saturated rings. The van der Waals surface area contributed by atoms with E-state index in [0.29, 0.717) is 12.8 Å². The van der Waals surface area contributed by atoms with Crippen LogP contribution in [0.2, 0.25) is 0 Å². The lowest BCUT2D eigenvalue weighted by Crippen LogP contribution is -2.18. The average molecular weight is 483 g/mol. The van der Waals surface area contributed by atoms with Crippen LogP contribution in [0.3, 0.4) is 0 Å². The molecule has 34 heavy (non-hydrogen) atoms. The van der Waals surface area contributed by atoms with E-state index < -0.39 is 15.8 Å². The third-order valence-corrected chi connectivity index (χ3v) is 10.3. The van der Waals surface area contributed by atoms with E-state index in [-0.39, 0.29) is 11.0 Å². The van der Waals surface area contributed by atoms with Gasteiger partial charge in [-0.25, -0.2) is 0 Å². The molecule has 0 aliphatic rings. The van der Waals surface area contributed by atoms with Crippen LogP contribution in [0.25, 0.3) is 0 Å². The molecule has 0 unspecified atom stereocenters. The van der Waals surface area contributed by atoms with Gasteiger partial charge in [0.1, 0.15) is 0 Å². The van der Waals surface area contributed by atoms with Crippen LogP contribution in [0.4, 0.5) is 0 Å². The predicted molar refractivity (Wildman–Crippen MR) is 147 cm³/mol. The van der Waals surface area contributed by atoms with Crippen molar-refractivity contribution in [2.45, 2.75) is 25.7 Å². The van der Waals surface area contributed by atoms with Gasteiger partial charge in [-0.15, -0.1) is 0 Å². The van der Waals surface area contributed by atoms with E-state index in [0.717, 1.165) is 34.1 Å². The summed E-state index contributed by atoms with van der Waals surface area (Å²) in [4.78, 5) is 26.6. The summed E-state index contributed by atoms with van der Waals surface area (Å²) in [5, 5.41) is 4.34. The molecule has 0 saturated carbocycles. The van der Waals surface area contributed by atoms with Gasteiger partial charge in [-0.3, -0.25) is 9.59 Å². The fourth-order valence-electron chi connectivity index (χ4n) is 3.96. The van der Waals surface area contributed by atoms with Crippen molar-refractivity contribution in [1.29, 1.82) is 0 Å².